The summed E-state index contributed by atoms with van der Waals surface area (Å²) in [4.78, 5) is 37.6. The van der Waals surface area contributed by atoms with Crippen molar-refractivity contribution in [3.8, 4) is 11.4 Å². The molecular weight excluding hydrogens is 304 g/mol. The number of hydrogen-bond donors (Lipinski definition) is 1. The fourth-order valence-corrected chi connectivity index (χ4v) is 2.76. The molecule has 1 N–H and O–H groups in total. The van der Waals surface area contributed by atoms with E-state index in [9.17, 15) is 9.59 Å². The van der Waals surface area contributed by atoms with Gasteiger partial charge in [0.2, 0.25) is 5.91 Å². The number of nitrogens with zero attached hydrogens (tertiary/aromatic N) is 3. The highest BCUT2D eigenvalue weighted by molar-refractivity contribution is 5.76. The average Bonchev–Trinajstić information content (AvgIpc) is 3.38. The SMILES string of the molecule is Cc1nc(-c2cccnc2)[nH]c(=O)c1CCC(=O)N(C)CC1CC1. The highest BCUT2D eigenvalue weighted by atomic mass is 16.2. The Kier molecular flexibility index (Phi) is 4.74. The highest BCUT2D eigenvalue weighted by Gasteiger charge is 2.24. The zero-order chi connectivity index (χ0) is 17.1. The van der Waals surface area contributed by atoms with E-state index < -0.39 is 0 Å². The lowest BCUT2D eigenvalue weighted by Crippen LogP contribution is -2.29. The maximum absolute atomic E-state index is 12.4. The van der Waals surface area contributed by atoms with E-state index in [-0.39, 0.29) is 11.5 Å². The second-order valence-electron chi connectivity index (χ2n) is 6.44. The summed E-state index contributed by atoms with van der Waals surface area (Å²) in [7, 11) is 1.83. The Morgan fingerprint density at radius 2 is 2.21 bits per heavy atom. The molecule has 1 aliphatic carbocycles. The molecule has 0 unspecified atom stereocenters. The van der Waals surface area contributed by atoms with Crippen LogP contribution in [0.25, 0.3) is 11.4 Å². The van der Waals surface area contributed by atoms with E-state index in [0.717, 1.165) is 12.1 Å². The molecule has 6 heteroatoms. The average molecular weight is 326 g/mol. The largest absolute Gasteiger partial charge is 0.345 e. The molecule has 0 aliphatic heterocycles. The number of nitrogens with one attached hydrogen (secondary N) is 1. The second-order valence-corrected chi connectivity index (χ2v) is 6.44. The molecular formula is C18H22N4O2. The predicted octanol–water partition coefficient (Wildman–Crippen LogP) is 1.94. The molecule has 1 amide bonds. The summed E-state index contributed by atoms with van der Waals surface area (Å²) in [5, 5.41) is 0. The first kappa shape index (κ1) is 16.4. The summed E-state index contributed by atoms with van der Waals surface area (Å²) >= 11 is 0. The second kappa shape index (κ2) is 6.95. The summed E-state index contributed by atoms with van der Waals surface area (Å²) in [5.41, 5.74) is 1.83. The van der Waals surface area contributed by atoms with Crippen molar-refractivity contribution in [3.63, 3.8) is 0 Å². The molecule has 1 fully saturated rings. The summed E-state index contributed by atoms with van der Waals surface area (Å²) in [6.07, 6.45) is 6.52. The molecule has 2 aromatic rings. The molecule has 1 aliphatic rings. The molecule has 0 saturated heterocycles. The number of H-pyrrole nitrogens is 1. The number of carbonyl (C=O) groups excluding carboxylic acids is 1. The van der Waals surface area contributed by atoms with Crippen LogP contribution >= 0.6 is 0 Å². The van der Waals surface area contributed by atoms with Crippen LogP contribution < -0.4 is 5.56 Å². The van der Waals surface area contributed by atoms with Crippen molar-refractivity contribution in [2.24, 2.45) is 5.92 Å². The topological polar surface area (TPSA) is 79.0 Å². The lowest BCUT2D eigenvalue weighted by Gasteiger charge is -2.16. The fraction of sp³-hybridized carbons (Fsp3) is 0.444. The van der Waals surface area contributed by atoms with E-state index >= 15 is 0 Å². The minimum Gasteiger partial charge on any atom is -0.345 e. The van der Waals surface area contributed by atoms with Gasteiger partial charge in [0.05, 0.1) is 0 Å². The van der Waals surface area contributed by atoms with Gasteiger partial charge in [0.25, 0.3) is 5.56 Å². The smallest absolute Gasteiger partial charge is 0.254 e. The van der Waals surface area contributed by atoms with Crippen LogP contribution in [-0.4, -0.2) is 39.4 Å². The quantitative estimate of drug-likeness (QED) is 0.880. The molecule has 0 spiro atoms. The summed E-state index contributed by atoms with van der Waals surface area (Å²) in [6, 6.07) is 3.65. The molecule has 0 atom stereocenters. The third-order valence-corrected chi connectivity index (χ3v) is 4.40. The molecule has 1 saturated carbocycles. The third kappa shape index (κ3) is 3.88. The number of aromatic nitrogens is 3. The van der Waals surface area contributed by atoms with Crippen molar-refractivity contribution in [1.29, 1.82) is 0 Å². The Morgan fingerprint density at radius 3 is 2.83 bits per heavy atom. The molecule has 2 heterocycles. The van der Waals surface area contributed by atoms with Gasteiger partial charge < -0.3 is 9.88 Å². The van der Waals surface area contributed by atoms with E-state index in [2.05, 4.69) is 15.0 Å². The summed E-state index contributed by atoms with van der Waals surface area (Å²) in [6.45, 7) is 2.63. The molecule has 0 bridgehead atoms. The fourth-order valence-electron chi connectivity index (χ4n) is 2.76. The van der Waals surface area contributed by atoms with Crippen LogP contribution in [0.4, 0.5) is 0 Å². The highest BCUT2D eigenvalue weighted by Crippen LogP contribution is 2.29. The number of amides is 1. The van der Waals surface area contributed by atoms with E-state index in [0.29, 0.717) is 35.8 Å². The molecule has 2 aromatic heterocycles. The van der Waals surface area contributed by atoms with Crippen molar-refractivity contribution >= 4 is 5.91 Å². The number of carbonyl (C=O) groups is 1. The number of hydrogen-bond acceptors (Lipinski definition) is 4. The third-order valence-electron chi connectivity index (χ3n) is 4.40. The molecule has 126 valence electrons. The zero-order valence-electron chi connectivity index (χ0n) is 14.1. The first-order chi connectivity index (χ1) is 11.5. The van der Waals surface area contributed by atoms with Gasteiger partial charge in [0.1, 0.15) is 5.82 Å². The van der Waals surface area contributed by atoms with Crippen LogP contribution in [0, 0.1) is 12.8 Å². The van der Waals surface area contributed by atoms with Gasteiger partial charge in [-0.1, -0.05) is 0 Å². The summed E-state index contributed by atoms with van der Waals surface area (Å²) < 4.78 is 0. The Bertz CT molecular complexity index is 781. The van der Waals surface area contributed by atoms with Crippen LogP contribution in [-0.2, 0) is 11.2 Å². The minimum atomic E-state index is -0.181. The minimum absolute atomic E-state index is 0.0806. The lowest BCUT2D eigenvalue weighted by molar-refractivity contribution is -0.130. The molecule has 24 heavy (non-hydrogen) atoms. The van der Waals surface area contributed by atoms with Gasteiger partial charge in [-0.25, -0.2) is 4.98 Å². The predicted molar refractivity (Wildman–Crippen MR) is 91.5 cm³/mol. The number of pyridine rings is 1. The van der Waals surface area contributed by atoms with Crippen LogP contribution in [0.3, 0.4) is 0 Å². The van der Waals surface area contributed by atoms with Crippen LogP contribution in [0.15, 0.2) is 29.3 Å². The first-order valence-corrected chi connectivity index (χ1v) is 8.28. The zero-order valence-corrected chi connectivity index (χ0v) is 14.1. The Balaban J connectivity index is 1.70. The normalized spacial score (nSPS) is 13.8. The van der Waals surface area contributed by atoms with Crippen molar-refractivity contribution in [2.75, 3.05) is 13.6 Å². The van der Waals surface area contributed by atoms with E-state index in [1.165, 1.54) is 12.8 Å². The van der Waals surface area contributed by atoms with Gasteiger partial charge in [-0.15, -0.1) is 0 Å². The Morgan fingerprint density at radius 1 is 1.42 bits per heavy atom. The Labute approximate surface area is 141 Å². The van der Waals surface area contributed by atoms with Gasteiger partial charge in [-0.3, -0.25) is 14.6 Å². The van der Waals surface area contributed by atoms with Crippen LogP contribution in [0.2, 0.25) is 0 Å². The van der Waals surface area contributed by atoms with Gasteiger partial charge in [-0.2, -0.15) is 0 Å². The first-order valence-electron chi connectivity index (χ1n) is 8.28. The summed E-state index contributed by atoms with van der Waals surface area (Å²) in [5.74, 6) is 1.26. The maximum atomic E-state index is 12.4. The molecule has 6 nitrogen and oxygen atoms in total. The molecule has 0 aromatic carbocycles. The van der Waals surface area contributed by atoms with Crippen molar-refractivity contribution in [2.45, 2.75) is 32.6 Å². The van der Waals surface area contributed by atoms with Gasteiger partial charge in [-0.05, 0) is 44.2 Å². The van der Waals surface area contributed by atoms with Crippen LogP contribution in [0.5, 0.6) is 0 Å². The Hall–Kier alpha value is -2.50. The number of rotatable bonds is 6. The van der Waals surface area contributed by atoms with E-state index in [1.807, 2.05) is 20.0 Å². The van der Waals surface area contributed by atoms with Crippen molar-refractivity contribution in [3.05, 3.63) is 46.1 Å². The van der Waals surface area contributed by atoms with E-state index in [4.69, 9.17) is 0 Å². The lowest BCUT2D eigenvalue weighted by atomic mass is 10.1. The van der Waals surface area contributed by atoms with Crippen LogP contribution in [0.1, 0.15) is 30.5 Å². The number of aryl methyl sites for hydroxylation is 1. The monoisotopic (exact) mass is 326 g/mol. The standard InChI is InChI=1S/C18H22N4O2/c1-12-15(7-8-16(23)22(2)11-13-5-6-13)18(24)21-17(20-12)14-4-3-9-19-10-14/h3-4,9-10,13H,5-8,11H2,1-2H3,(H,20,21,24). The maximum Gasteiger partial charge on any atom is 0.254 e. The van der Waals surface area contributed by atoms with Crippen molar-refractivity contribution < 1.29 is 4.79 Å². The van der Waals surface area contributed by atoms with Crippen molar-refractivity contribution in [1.82, 2.24) is 19.9 Å². The van der Waals surface area contributed by atoms with E-state index in [1.54, 1.807) is 23.4 Å². The van der Waals surface area contributed by atoms with Gasteiger partial charge in [0.15, 0.2) is 0 Å². The van der Waals surface area contributed by atoms with Gasteiger partial charge >= 0.3 is 0 Å². The molecule has 0 radical (unpaired) electrons. The number of aromatic amines is 1. The molecule has 3 rings (SSSR count). The van der Waals surface area contributed by atoms with Gasteiger partial charge in [0, 0.05) is 49.2 Å².